The summed E-state index contributed by atoms with van der Waals surface area (Å²) in [7, 11) is 0. The third kappa shape index (κ3) is 2.92. The molecule has 124 valence electrons. The minimum atomic E-state index is -1.06. The van der Waals surface area contributed by atoms with Gasteiger partial charge in [0, 0.05) is 6.04 Å². The van der Waals surface area contributed by atoms with Crippen LogP contribution in [0.4, 0.5) is 4.79 Å². The zero-order valence-electron chi connectivity index (χ0n) is 12.8. The van der Waals surface area contributed by atoms with Crippen molar-refractivity contribution >= 4 is 29.9 Å². The first kappa shape index (κ1) is 15.9. The van der Waals surface area contributed by atoms with Crippen LogP contribution in [0.3, 0.4) is 0 Å². The molecule has 1 heterocycles. The van der Waals surface area contributed by atoms with E-state index < -0.39 is 23.8 Å². The molecule has 24 heavy (non-hydrogen) atoms. The molecule has 0 atom stereocenters. The quantitative estimate of drug-likeness (QED) is 0.650. The molecule has 4 amide bonds. The molecule has 0 spiro atoms. The van der Waals surface area contributed by atoms with Gasteiger partial charge in [-0.2, -0.15) is 0 Å². The van der Waals surface area contributed by atoms with Gasteiger partial charge in [0.15, 0.2) is 0 Å². The highest BCUT2D eigenvalue weighted by Crippen LogP contribution is 2.27. The minimum absolute atomic E-state index is 0.110. The summed E-state index contributed by atoms with van der Waals surface area (Å²) >= 11 is 0. The van der Waals surface area contributed by atoms with Crippen LogP contribution >= 0.6 is 0 Å². The van der Waals surface area contributed by atoms with Crippen LogP contribution in [0.15, 0.2) is 29.8 Å². The number of nitrogens with zero attached hydrogens (tertiary/aromatic N) is 1. The Balaban J connectivity index is 1.90. The van der Waals surface area contributed by atoms with Crippen molar-refractivity contribution in [3.63, 3.8) is 0 Å². The number of nitrogens with one attached hydrogen (secondary N) is 1. The number of rotatable bonds is 3. The van der Waals surface area contributed by atoms with E-state index >= 15 is 0 Å². The van der Waals surface area contributed by atoms with Gasteiger partial charge in [0.05, 0.1) is 5.56 Å². The Bertz CT molecular complexity index is 745. The highest BCUT2D eigenvalue weighted by molar-refractivity contribution is 6.31. The van der Waals surface area contributed by atoms with Crippen molar-refractivity contribution in [3.05, 3.63) is 41.0 Å². The molecule has 7 heteroatoms. The second kappa shape index (κ2) is 6.27. The Labute approximate surface area is 137 Å². The lowest BCUT2D eigenvalue weighted by Gasteiger charge is -2.31. The van der Waals surface area contributed by atoms with E-state index in [0.717, 1.165) is 30.6 Å². The van der Waals surface area contributed by atoms with Crippen LogP contribution in [0.2, 0.25) is 0 Å². The molecule has 1 aliphatic heterocycles. The van der Waals surface area contributed by atoms with Gasteiger partial charge in [0.25, 0.3) is 11.8 Å². The first-order chi connectivity index (χ1) is 11.5. The van der Waals surface area contributed by atoms with Crippen LogP contribution in [0, 0.1) is 0 Å². The van der Waals surface area contributed by atoms with Gasteiger partial charge in [-0.05, 0) is 36.6 Å². The van der Waals surface area contributed by atoms with Crippen molar-refractivity contribution in [2.24, 2.45) is 0 Å². The van der Waals surface area contributed by atoms with Crippen LogP contribution in [-0.2, 0) is 9.59 Å². The van der Waals surface area contributed by atoms with Crippen LogP contribution in [0.25, 0.3) is 6.08 Å². The predicted octanol–water partition coefficient (Wildman–Crippen LogP) is 1.79. The summed E-state index contributed by atoms with van der Waals surface area (Å²) in [4.78, 5) is 48.6. The highest BCUT2D eigenvalue weighted by Gasteiger charge is 2.40. The maximum absolute atomic E-state index is 12.6. The average molecular weight is 328 g/mol. The Hall–Kier alpha value is -2.96. The summed E-state index contributed by atoms with van der Waals surface area (Å²) in [5, 5.41) is 11.1. The van der Waals surface area contributed by atoms with E-state index in [9.17, 15) is 19.2 Å². The Morgan fingerprint density at radius 3 is 2.33 bits per heavy atom. The number of aromatic carboxylic acids is 1. The fraction of sp³-hybridized carbons (Fsp3) is 0.294. The number of carboxylic acids is 1. The normalized spacial score (nSPS) is 20.6. The average Bonchev–Trinajstić information content (AvgIpc) is 3.05. The van der Waals surface area contributed by atoms with Gasteiger partial charge in [-0.3, -0.25) is 19.8 Å². The predicted molar refractivity (Wildman–Crippen MR) is 84.0 cm³/mol. The lowest BCUT2D eigenvalue weighted by atomic mass is 10.0. The molecule has 1 saturated heterocycles. The first-order valence-corrected chi connectivity index (χ1v) is 7.71. The summed E-state index contributed by atoms with van der Waals surface area (Å²) in [6.45, 7) is 0. The van der Waals surface area contributed by atoms with E-state index in [1.54, 1.807) is 0 Å². The van der Waals surface area contributed by atoms with Gasteiger partial charge in [-0.1, -0.05) is 25.0 Å². The van der Waals surface area contributed by atoms with Crippen LogP contribution < -0.4 is 5.32 Å². The summed E-state index contributed by atoms with van der Waals surface area (Å²) in [6.07, 6.45) is 4.76. The van der Waals surface area contributed by atoms with Gasteiger partial charge < -0.3 is 5.11 Å². The molecule has 0 radical (unpaired) electrons. The van der Waals surface area contributed by atoms with Gasteiger partial charge in [-0.25, -0.2) is 9.59 Å². The number of amides is 4. The number of barbiturate groups is 1. The summed E-state index contributed by atoms with van der Waals surface area (Å²) in [5.41, 5.74) is 0.503. The number of carbonyl (C=O) groups is 4. The molecule has 0 bridgehead atoms. The number of imide groups is 2. The van der Waals surface area contributed by atoms with Crippen molar-refractivity contribution < 1.29 is 24.3 Å². The van der Waals surface area contributed by atoms with E-state index in [0.29, 0.717) is 5.56 Å². The third-order valence-electron chi connectivity index (χ3n) is 4.29. The second-order valence-electron chi connectivity index (χ2n) is 5.86. The number of carboxylic acid groups (broad SMARTS) is 1. The standard InChI is InChI=1S/C17H16N2O5/c20-14-13(9-10-5-7-11(8-6-10)16(22)23)15(21)19(17(24)18-14)12-3-1-2-4-12/h5-9,12H,1-4H2,(H,22,23)(H,18,20,24). The Morgan fingerprint density at radius 1 is 1.12 bits per heavy atom. The molecular weight excluding hydrogens is 312 g/mol. The zero-order valence-corrected chi connectivity index (χ0v) is 12.8. The largest absolute Gasteiger partial charge is 0.478 e. The molecule has 0 unspecified atom stereocenters. The summed E-state index contributed by atoms with van der Waals surface area (Å²) in [6, 6.07) is 4.94. The lowest BCUT2D eigenvalue weighted by Crippen LogP contribution is -2.57. The Morgan fingerprint density at radius 2 is 1.75 bits per heavy atom. The molecule has 2 aliphatic rings. The highest BCUT2D eigenvalue weighted by atomic mass is 16.4. The smallest absolute Gasteiger partial charge is 0.335 e. The molecule has 0 aromatic heterocycles. The van der Waals surface area contributed by atoms with E-state index in [4.69, 9.17) is 5.11 Å². The van der Waals surface area contributed by atoms with Gasteiger partial charge in [0.2, 0.25) is 0 Å². The van der Waals surface area contributed by atoms with E-state index in [1.165, 1.54) is 30.3 Å². The van der Waals surface area contributed by atoms with E-state index in [2.05, 4.69) is 5.32 Å². The number of carbonyl (C=O) groups excluding carboxylic acids is 3. The lowest BCUT2D eigenvalue weighted by molar-refractivity contribution is -0.131. The summed E-state index contributed by atoms with van der Waals surface area (Å²) < 4.78 is 0. The van der Waals surface area contributed by atoms with Crippen molar-refractivity contribution in [1.29, 1.82) is 0 Å². The van der Waals surface area contributed by atoms with Crippen LogP contribution in [-0.4, -0.2) is 39.9 Å². The number of hydrogen-bond acceptors (Lipinski definition) is 4. The van der Waals surface area contributed by atoms with Gasteiger partial charge in [0.1, 0.15) is 5.57 Å². The maximum Gasteiger partial charge on any atom is 0.335 e. The van der Waals surface area contributed by atoms with Crippen molar-refractivity contribution in [1.82, 2.24) is 10.2 Å². The van der Waals surface area contributed by atoms with E-state index in [1.807, 2.05) is 0 Å². The van der Waals surface area contributed by atoms with Crippen molar-refractivity contribution in [3.8, 4) is 0 Å². The molecule has 1 saturated carbocycles. The van der Waals surface area contributed by atoms with E-state index in [-0.39, 0.29) is 17.2 Å². The second-order valence-corrected chi connectivity index (χ2v) is 5.86. The number of hydrogen-bond donors (Lipinski definition) is 2. The maximum atomic E-state index is 12.6. The van der Waals surface area contributed by atoms with Gasteiger partial charge in [-0.15, -0.1) is 0 Å². The summed E-state index contributed by atoms with van der Waals surface area (Å²) in [5.74, 6) is -2.39. The molecule has 1 aromatic rings. The molecule has 1 aromatic carbocycles. The Kier molecular flexibility index (Phi) is 4.16. The minimum Gasteiger partial charge on any atom is -0.478 e. The molecule has 3 rings (SSSR count). The molecule has 2 fully saturated rings. The number of urea groups is 1. The SMILES string of the molecule is O=C1NC(=O)N(C2CCCC2)C(=O)C1=Cc1ccc(C(=O)O)cc1. The fourth-order valence-electron chi connectivity index (χ4n) is 3.05. The van der Waals surface area contributed by atoms with Gasteiger partial charge >= 0.3 is 12.0 Å². The zero-order chi connectivity index (χ0) is 17.3. The van der Waals surface area contributed by atoms with Crippen molar-refractivity contribution in [2.75, 3.05) is 0 Å². The van der Waals surface area contributed by atoms with Crippen LogP contribution in [0.5, 0.6) is 0 Å². The van der Waals surface area contributed by atoms with Crippen LogP contribution in [0.1, 0.15) is 41.6 Å². The third-order valence-corrected chi connectivity index (χ3v) is 4.29. The topological polar surface area (TPSA) is 104 Å². The van der Waals surface area contributed by atoms with Crippen molar-refractivity contribution in [2.45, 2.75) is 31.7 Å². The molecule has 7 nitrogen and oxygen atoms in total. The molecule has 1 aliphatic carbocycles. The first-order valence-electron chi connectivity index (χ1n) is 7.71. The number of benzene rings is 1. The monoisotopic (exact) mass is 328 g/mol. The molecule has 2 N–H and O–H groups in total. The fourth-order valence-corrected chi connectivity index (χ4v) is 3.05. The molecular formula is C17H16N2O5.